The molecule has 1 atom stereocenters. The van der Waals surface area contributed by atoms with Gasteiger partial charge in [0, 0.05) is 30.1 Å². The molecule has 6 nitrogen and oxygen atoms in total. The standard InChI is InChI=1S/C21H26N4O2/c1-15-9-11-18(12-10-15)25-20(27)17(8-5-13-24-21(22)23)14-19(26)16-6-3-2-4-7-16/h2-4,6-7,9-12,17H,5,8,13-14H2,1H3,(H,25,27)(H4,22,23,24)/t17-/m1/s1. The van der Waals surface area contributed by atoms with Crippen molar-refractivity contribution in [3.8, 4) is 0 Å². The number of aliphatic imine (C=N–C) groups is 1. The van der Waals surface area contributed by atoms with E-state index in [1.165, 1.54) is 0 Å². The summed E-state index contributed by atoms with van der Waals surface area (Å²) in [6.45, 7) is 2.41. The molecule has 27 heavy (non-hydrogen) atoms. The fourth-order valence-corrected chi connectivity index (χ4v) is 2.72. The molecule has 0 saturated heterocycles. The molecule has 6 heteroatoms. The third-order valence-electron chi connectivity index (χ3n) is 4.22. The van der Waals surface area contributed by atoms with Crippen LogP contribution in [0.3, 0.4) is 0 Å². The minimum Gasteiger partial charge on any atom is -0.370 e. The van der Waals surface area contributed by atoms with Gasteiger partial charge < -0.3 is 16.8 Å². The van der Waals surface area contributed by atoms with Crippen LogP contribution in [0.2, 0.25) is 0 Å². The van der Waals surface area contributed by atoms with Crippen LogP contribution in [0, 0.1) is 12.8 Å². The van der Waals surface area contributed by atoms with Crippen molar-refractivity contribution in [3.63, 3.8) is 0 Å². The zero-order valence-electron chi connectivity index (χ0n) is 15.5. The Bertz CT molecular complexity index is 782. The second-order valence-electron chi connectivity index (χ2n) is 6.49. The SMILES string of the molecule is Cc1ccc(NC(=O)[C@H](CCCN=C(N)N)CC(=O)c2ccccc2)cc1. The van der Waals surface area contributed by atoms with Crippen LogP contribution in [0.15, 0.2) is 59.6 Å². The number of rotatable bonds is 9. The van der Waals surface area contributed by atoms with E-state index in [2.05, 4.69) is 10.3 Å². The molecule has 0 fully saturated rings. The quantitative estimate of drug-likeness (QED) is 0.274. The number of amides is 1. The molecule has 0 aliphatic rings. The molecule has 1 amide bonds. The van der Waals surface area contributed by atoms with Crippen LogP contribution in [0.25, 0.3) is 0 Å². The molecule has 0 spiro atoms. The number of aryl methyl sites for hydroxylation is 1. The van der Waals surface area contributed by atoms with Gasteiger partial charge >= 0.3 is 0 Å². The Kier molecular flexibility index (Phi) is 7.55. The first kappa shape index (κ1) is 20.2. The highest BCUT2D eigenvalue weighted by atomic mass is 16.2. The van der Waals surface area contributed by atoms with E-state index >= 15 is 0 Å². The van der Waals surface area contributed by atoms with Gasteiger partial charge in [0.2, 0.25) is 5.91 Å². The number of hydrogen-bond acceptors (Lipinski definition) is 3. The highest BCUT2D eigenvalue weighted by Gasteiger charge is 2.22. The lowest BCUT2D eigenvalue weighted by Gasteiger charge is -2.16. The summed E-state index contributed by atoms with van der Waals surface area (Å²) in [5.41, 5.74) is 13.1. The maximum atomic E-state index is 12.7. The van der Waals surface area contributed by atoms with E-state index in [-0.39, 0.29) is 24.1 Å². The molecule has 0 radical (unpaired) electrons. The third kappa shape index (κ3) is 6.93. The van der Waals surface area contributed by atoms with Crippen molar-refractivity contribution in [2.75, 3.05) is 11.9 Å². The van der Waals surface area contributed by atoms with E-state index in [0.29, 0.717) is 30.6 Å². The molecular formula is C21H26N4O2. The van der Waals surface area contributed by atoms with Crippen LogP contribution in [-0.2, 0) is 4.79 Å². The van der Waals surface area contributed by atoms with Gasteiger partial charge in [-0.05, 0) is 31.9 Å². The Labute approximate surface area is 159 Å². The number of guanidine groups is 1. The summed E-state index contributed by atoms with van der Waals surface area (Å²) in [4.78, 5) is 29.2. The molecule has 0 aliphatic carbocycles. The van der Waals surface area contributed by atoms with Gasteiger partial charge in [-0.2, -0.15) is 0 Å². The molecule has 0 bridgehead atoms. The first-order chi connectivity index (χ1) is 13.0. The summed E-state index contributed by atoms with van der Waals surface area (Å²) in [6, 6.07) is 16.6. The number of carbonyl (C=O) groups is 2. The van der Waals surface area contributed by atoms with E-state index in [9.17, 15) is 9.59 Å². The van der Waals surface area contributed by atoms with Crippen molar-refractivity contribution in [1.29, 1.82) is 0 Å². The molecular weight excluding hydrogens is 340 g/mol. The van der Waals surface area contributed by atoms with E-state index in [4.69, 9.17) is 11.5 Å². The second-order valence-corrected chi connectivity index (χ2v) is 6.49. The zero-order valence-corrected chi connectivity index (χ0v) is 15.5. The molecule has 0 unspecified atom stereocenters. The average Bonchev–Trinajstić information content (AvgIpc) is 2.66. The van der Waals surface area contributed by atoms with Crippen molar-refractivity contribution in [3.05, 3.63) is 65.7 Å². The van der Waals surface area contributed by atoms with Gasteiger partial charge in [-0.15, -0.1) is 0 Å². The summed E-state index contributed by atoms with van der Waals surface area (Å²) < 4.78 is 0. The van der Waals surface area contributed by atoms with E-state index < -0.39 is 5.92 Å². The molecule has 0 aromatic heterocycles. The summed E-state index contributed by atoms with van der Waals surface area (Å²) in [7, 11) is 0. The highest BCUT2D eigenvalue weighted by molar-refractivity contribution is 6.01. The molecule has 0 aliphatic heterocycles. The van der Waals surface area contributed by atoms with Gasteiger partial charge in [-0.3, -0.25) is 14.6 Å². The van der Waals surface area contributed by atoms with Gasteiger partial charge in [-0.25, -0.2) is 0 Å². The predicted octanol–water partition coefficient (Wildman–Crippen LogP) is 2.88. The number of nitrogens with zero attached hydrogens (tertiary/aromatic N) is 1. The number of Topliss-reactive ketones (excluding diaryl/α,β-unsaturated/α-hetero) is 1. The number of hydrogen-bond donors (Lipinski definition) is 3. The first-order valence-corrected chi connectivity index (χ1v) is 8.97. The fraction of sp³-hybridized carbons (Fsp3) is 0.286. The molecule has 0 heterocycles. The highest BCUT2D eigenvalue weighted by Crippen LogP contribution is 2.19. The van der Waals surface area contributed by atoms with E-state index in [1.807, 2.05) is 49.4 Å². The maximum Gasteiger partial charge on any atom is 0.227 e. The number of ketones is 1. The van der Waals surface area contributed by atoms with Gasteiger partial charge in [0.05, 0.1) is 0 Å². The lowest BCUT2D eigenvalue weighted by Crippen LogP contribution is -2.26. The molecule has 2 aromatic carbocycles. The van der Waals surface area contributed by atoms with Crippen LogP contribution in [0.5, 0.6) is 0 Å². The average molecular weight is 366 g/mol. The lowest BCUT2D eigenvalue weighted by atomic mass is 9.93. The number of nitrogens with two attached hydrogens (primary N) is 2. The van der Waals surface area contributed by atoms with E-state index in [0.717, 1.165) is 5.56 Å². The third-order valence-corrected chi connectivity index (χ3v) is 4.22. The molecule has 5 N–H and O–H groups in total. The van der Waals surface area contributed by atoms with Gasteiger partial charge in [0.15, 0.2) is 11.7 Å². The Hall–Kier alpha value is -3.15. The molecule has 142 valence electrons. The maximum absolute atomic E-state index is 12.7. The number of benzene rings is 2. The topological polar surface area (TPSA) is 111 Å². The number of nitrogens with one attached hydrogen (secondary N) is 1. The van der Waals surface area contributed by atoms with Crippen molar-refractivity contribution < 1.29 is 9.59 Å². The minimum absolute atomic E-state index is 0.0241. The van der Waals surface area contributed by atoms with Crippen LogP contribution in [-0.4, -0.2) is 24.2 Å². The minimum atomic E-state index is -0.451. The normalized spacial score (nSPS) is 11.4. The van der Waals surface area contributed by atoms with E-state index in [1.54, 1.807) is 12.1 Å². The molecule has 2 aromatic rings. The van der Waals surface area contributed by atoms with Crippen LogP contribution >= 0.6 is 0 Å². The smallest absolute Gasteiger partial charge is 0.227 e. The van der Waals surface area contributed by atoms with Crippen molar-refractivity contribution in [2.24, 2.45) is 22.4 Å². The fourth-order valence-electron chi connectivity index (χ4n) is 2.72. The van der Waals surface area contributed by atoms with Crippen LogP contribution in [0.4, 0.5) is 5.69 Å². The Morgan fingerprint density at radius 3 is 2.33 bits per heavy atom. The first-order valence-electron chi connectivity index (χ1n) is 8.97. The van der Waals surface area contributed by atoms with Crippen molar-refractivity contribution in [2.45, 2.75) is 26.2 Å². The lowest BCUT2D eigenvalue weighted by molar-refractivity contribution is -0.120. The Morgan fingerprint density at radius 2 is 1.70 bits per heavy atom. The van der Waals surface area contributed by atoms with Crippen LogP contribution < -0.4 is 16.8 Å². The zero-order chi connectivity index (χ0) is 19.6. The largest absolute Gasteiger partial charge is 0.370 e. The second kappa shape index (κ2) is 10.1. The number of carbonyl (C=O) groups excluding carboxylic acids is 2. The van der Waals surface area contributed by atoms with Crippen molar-refractivity contribution in [1.82, 2.24) is 0 Å². The Morgan fingerprint density at radius 1 is 1.04 bits per heavy atom. The van der Waals surface area contributed by atoms with Crippen molar-refractivity contribution >= 4 is 23.3 Å². The predicted molar refractivity (Wildman–Crippen MR) is 109 cm³/mol. The molecule has 0 saturated carbocycles. The molecule has 2 rings (SSSR count). The summed E-state index contributed by atoms with van der Waals surface area (Å²) >= 11 is 0. The summed E-state index contributed by atoms with van der Waals surface area (Å²) in [5.74, 6) is -0.654. The van der Waals surface area contributed by atoms with Crippen LogP contribution in [0.1, 0.15) is 35.2 Å². The summed E-state index contributed by atoms with van der Waals surface area (Å²) in [5, 5.41) is 2.90. The van der Waals surface area contributed by atoms with Gasteiger partial charge in [-0.1, -0.05) is 48.0 Å². The van der Waals surface area contributed by atoms with Gasteiger partial charge in [0.25, 0.3) is 0 Å². The monoisotopic (exact) mass is 366 g/mol. The Balaban J connectivity index is 2.05. The number of anilines is 1. The van der Waals surface area contributed by atoms with Gasteiger partial charge in [0.1, 0.15) is 0 Å². The summed E-state index contributed by atoms with van der Waals surface area (Å²) in [6.07, 6.45) is 1.28.